The number of carbonyl (C=O) groups is 2. The molecule has 1 unspecified atom stereocenters. The molecule has 110 valence electrons. The zero-order chi connectivity index (χ0) is 14.8. The molecule has 1 aromatic heterocycles. The van der Waals surface area contributed by atoms with Crippen LogP contribution in [-0.2, 0) is 9.59 Å². The summed E-state index contributed by atoms with van der Waals surface area (Å²) >= 11 is 0. The van der Waals surface area contributed by atoms with Crippen LogP contribution in [0.25, 0.3) is 11.0 Å². The summed E-state index contributed by atoms with van der Waals surface area (Å²) in [6.45, 7) is 0.178. The van der Waals surface area contributed by atoms with Crippen LogP contribution in [0.4, 0.5) is 0 Å². The first-order chi connectivity index (χ1) is 10.1. The van der Waals surface area contributed by atoms with Crippen LogP contribution in [0.3, 0.4) is 0 Å². The summed E-state index contributed by atoms with van der Waals surface area (Å²) in [4.78, 5) is 25.2. The van der Waals surface area contributed by atoms with Crippen molar-refractivity contribution in [2.24, 2.45) is 5.73 Å². The molecule has 2 amide bonds. The van der Waals surface area contributed by atoms with E-state index in [0.717, 1.165) is 23.8 Å². The van der Waals surface area contributed by atoms with Gasteiger partial charge in [-0.15, -0.1) is 0 Å². The van der Waals surface area contributed by atoms with Crippen LogP contribution in [0.5, 0.6) is 0 Å². The minimum absolute atomic E-state index is 0.135. The Morgan fingerprint density at radius 2 is 1.81 bits per heavy atom. The molecule has 2 heterocycles. The highest BCUT2D eigenvalue weighted by atomic mass is 16.3. The molecule has 1 aliphatic heterocycles. The first kappa shape index (κ1) is 13.8. The van der Waals surface area contributed by atoms with Crippen LogP contribution >= 0.6 is 0 Å². The number of fused-ring (bicyclic) bond motifs is 1. The van der Waals surface area contributed by atoms with Gasteiger partial charge in [-0.1, -0.05) is 18.2 Å². The van der Waals surface area contributed by atoms with Gasteiger partial charge in [0, 0.05) is 18.2 Å². The zero-order valence-corrected chi connectivity index (χ0v) is 11.7. The Kier molecular flexibility index (Phi) is 3.75. The number of amides is 2. The van der Waals surface area contributed by atoms with E-state index in [9.17, 15) is 9.59 Å². The van der Waals surface area contributed by atoms with Gasteiger partial charge in [-0.25, -0.2) is 0 Å². The van der Waals surface area contributed by atoms with E-state index in [1.807, 2.05) is 30.3 Å². The van der Waals surface area contributed by atoms with E-state index in [1.165, 1.54) is 4.90 Å². The zero-order valence-electron chi connectivity index (χ0n) is 11.7. The van der Waals surface area contributed by atoms with Crippen molar-refractivity contribution in [2.45, 2.75) is 31.7 Å². The molecule has 0 saturated carbocycles. The molecule has 5 nitrogen and oxygen atoms in total. The SMILES string of the molecule is NC(CN1C(=O)CCCCC1=O)c1cc2ccccc2o1. The van der Waals surface area contributed by atoms with Gasteiger partial charge in [0.1, 0.15) is 11.3 Å². The number of likely N-dealkylation sites (tertiary alicyclic amines) is 1. The number of nitrogens with zero attached hydrogens (tertiary/aromatic N) is 1. The fourth-order valence-corrected chi connectivity index (χ4v) is 2.64. The average molecular weight is 286 g/mol. The topological polar surface area (TPSA) is 76.5 Å². The summed E-state index contributed by atoms with van der Waals surface area (Å²) in [5, 5.41) is 0.969. The Morgan fingerprint density at radius 1 is 1.14 bits per heavy atom. The Hall–Kier alpha value is -2.14. The molecule has 1 fully saturated rings. The molecular weight excluding hydrogens is 268 g/mol. The predicted octanol–water partition coefficient (Wildman–Crippen LogP) is 2.36. The maximum Gasteiger partial charge on any atom is 0.229 e. The highest BCUT2D eigenvalue weighted by Gasteiger charge is 2.27. The van der Waals surface area contributed by atoms with E-state index in [1.54, 1.807) is 0 Å². The normalized spacial score (nSPS) is 18.0. The standard InChI is InChI=1S/C16H18N2O3/c17-12(10-18-15(19)7-3-4-8-16(18)20)14-9-11-5-1-2-6-13(11)21-14/h1-2,5-6,9,12H,3-4,7-8,10,17H2. The molecular formula is C16H18N2O3. The Labute approximate surface area is 122 Å². The highest BCUT2D eigenvalue weighted by Crippen LogP contribution is 2.24. The third kappa shape index (κ3) is 2.83. The van der Waals surface area contributed by atoms with Crippen molar-refractivity contribution in [1.82, 2.24) is 4.90 Å². The van der Waals surface area contributed by atoms with Gasteiger partial charge in [-0.2, -0.15) is 0 Å². The van der Waals surface area contributed by atoms with Crippen molar-refractivity contribution < 1.29 is 14.0 Å². The van der Waals surface area contributed by atoms with E-state index in [4.69, 9.17) is 10.2 Å². The quantitative estimate of drug-likeness (QED) is 0.879. The van der Waals surface area contributed by atoms with Crippen molar-refractivity contribution in [2.75, 3.05) is 6.54 Å². The summed E-state index contributed by atoms with van der Waals surface area (Å²) in [7, 11) is 0. The summed E-state index contributed by atoms with van der Waals surface area (Å²) in [6, 6.07) is 9.00. The largest absolute Gasteiger partial charge is 0.459 e. The highest BCUT2D eigenvalue weighted by molar-refractivity contribution is 5.96. The van der Waals surface area contributed by atoms with Crippen LogP contribution in [-0.4, -0.2) is 23.3 Å². The lowest BCUT2D eigenvalue weighted by molar-refractivity contribution is -0.144. The summed E-state index contributed by atoms with van der Waals surface area (Å²) in [6.07, 6.45) is 2.36. The summed E-state index contributed by atoms with van der Waals surface area (Å²) < 4.78 is 5.70. The van der Waals surface area contributed by atoms with E-state index in [-0.39, 0.29) is 18.4 Å². The second-order valence-corrected chi connectivity index (χ2v) is 5.40. The molecule has 5 heteroatoms. The van der Waals surface area contributed by atoms with Crippen LogP contribution < -0.4 is 5.73 Å². The number of hydrogen-bond acceptors (Lipinski definition) is 4. The smallest absolute Gasteiger partial charge is 0.229 e. The number of furan rings is 1. The van der Waals surface area contributed by atoms with Crippen LogP contribution in [0.1, 0.15) is 37.5 Å². The van der Waals surface area contributed by atoms with E-state index in [2.05, 4.69) is 0 Å². The number of benzene rings is 1. The van der Waals surface area contributed by atoms with Gasteiger partial charge in [0.05, 0.1) is 12.6 Å². The van der Waals surface area contributed by atoms with Crippen molar-refractivity contribution >= 4 is 22.8 Å². The van der Waals surface area contributed by atoms with E-state index >= 15 is 0 Å². The third-order valence-electron chi connectivity index (χ3n) is 3.82. The third-order valence-corrected chi connectivity index (χ3v) is 3.82. The van der Waals surface area contributed by atoms with E-state index < -0.39 is 6.04 Å². The van der Waals surface area contributed by atoms with Crippen LogP contribution in [0.2, 0.25) is 0 Å². The van der Waals surface area contributed by atoms with Gasteiger partial charge < -0.3 is 10.2 Å². The molecule has 1 aliphatic rings. The molecule has 3 rings (SSSR count). The van der Waals surface area contributed by atoms with Crippen molar-refractivity contribution in [3.8, 4) is 0 Å². The van der Waals surface area contributed by atoms with Gasteiger partial charge >= 0.3 is 0 Å². The number of carbonyl (C=O) groups excluding carboxylic acids is 2. The molecule has 0 spiro atoms. The molecule has 0 bridgehead atoms. The second-order valence-electron chi connectivity index (χ2n) is 5.40. The van der Waals surface area contributed by atoms with E-state index in [0.29, 0.717) is 18.6 Å². The van der Waals surface area contributed by atoms with Gasteiger partial charge in [-0.05, 0) is 25.0 Å². The maximum atomic E-state index is 12.0. The van der Waals surface area contributed by atoms with Gasteiger partial charge in [-0.3, -0.25) is 14.5 Å². The molecule has 2 N–H and O–H groups in total. The number of imide groups is 1. The van der Waals surface area contributed by atoms with Crippen molar-refractivity contribution in [3.05, 3.63) is 36.1 Å². The number of hydrogen-bond donors (Lipinski definition) is 1. The predicted molar refractivity (Wildman–Crippen MR) is 78.3 cm³/mol. The summed E-state index contributed by atoms with van der Waals surface area (Å²) in [5.74, 6) is 0.328. The fourth-order valence-electron chi connectivity index (χ4n) is 2.64. The molecule has 1 atom stereocenters. The minimum atomic E-state index is -0.497. The monoisotopic (exact) mass is 286 g/mol. The molecule has 1 saturated heterocycles. The minimum Gasteiger partial charge on any atom is -0.459 e. The Balaban J connectivity index is 1.79. The fraction of sp³-hybridized carbons (Fsp3) is 0.375. The second kappa shape index (κ2) is 5.69. The van der Waals surface area contributed by atoms with Crippen molar-refractivity contribution in [3.63, 3.8) is 0 Å². The van der Waals surface area contributed by atoms with Crippen molar-refractivity contribution in [1.29, 1.82) is 0 Å². The van der Waals surface area contributed by atoms with Gasteiger partial charge in [0.15, 0.2) is 0 Å². The van der Waals surface area contributed by atoms with Gasteiger partial charge in [0.25, 0.3) is 0 Å². The Morgan fingerprint density at radius 3 is 2.48 bits per heavy atom. The lowest BCUT2D eigenvalue weighted by atomic mass is 10.2. The Bertz CT molecular complexity index is 626. The molecule has 0 radical (unpaired) electrons. The average Bonchev–Trinajstić information content (AvgIpc) is 2.86. The first-order valence-corrected chi connectivity index (χ1v) is 7.22. The summed E-state index contributed by atoms with van der Waals surface area (Å²) in [5.41, 5.74) is 6.89. The lowest BCUT2D eigenvalue weighted by Crippen LogP contribution is -2.40. The molecule has 2 aromatic rings. The maximum absolute atomic E-state index is 12.0. The number of nitrogens with two attached hydrogens (primary N) is 1. The molecule has 21 heavy (non-hydrogen) atoms. The number of para-hydroxylation sites is 1. The lowest BCUT2D eigenvalue weighted by Gasteiger charge is -2.21. The first-order valence-electron chi connectivity index (χ1n) is 7.22. The van der Waals surface area contributed by atoms with Gasteiger partial charge in [0.2, 0.25) is 11.8 Å². The number of rotatable bonds is 3. The molecule has 1 aromatic carbocycles. The van der Waals surface area contributed by atoms with Crippen LogP contribution in [0, 0.1) is 0 Å². The van der Waals surface area contributed by atoms with Crippen LogP contribution in [0.15, 0.2) is 34.7 Å². The molecule has 0 aliphatic carbocycles.